The fraction of sp³-hybridized carbons (Fsp3) is 0.333. The van der Waals surface area contributed by atoms with Crippen molar-refractivity contribution in [3.63, 3.8) is 0 Å². The number of unbranched alkanes of at least 4 members (excludes halogenated alkanes) is 2. The van der Waals surface area contributed by atoms with Gasteiger partial charge in [0.1, 0.15) is 5.82 Å². The van der Waals surface area contributed by atoms with E-state index in [9.17, 15) is 4.79 Å². The maximum atomic E-state index is 10.7. The molecular weight excluding hydrogens is 204 g/mol. The lowest BCUT2D eigenvalue weighted by Crippen LogP contribution is -2.06. The number of allylic oxidation sites excluding steroid dienone is 1. The van der Waals surface area contributed by atoms with Gasteiger partial charge in [0.05, 0.1) is 0 Å². The Bertz CT molecular complexity index is 364. The lowest BCUT2D eigenvalue weighted by molar-refractivity contribution is 0.0690. The molecular formula is C12H16N2O2. The maximum absolute atomic E-state index is 10.7. The van der Waals surface area contributed by atoms with Crippen molar-refractivity contribution in [2.24, 2.45) is 0 Å². The molecule has 0 amide bonds. The molecule has 0 aliphatic carbocycles. The smallest absolute Gasteiger partial charge is 0.354 e. The second-order valence-corrected chi connectivity index (χ2v) is 3.42. The van der Waals surface area contributed by atoms with Crippen LogP contribution in [0.15, 0.2) is 30.9 Å². The number of aromatic nitrogens is 1. The van der Waals surface area contributed by atoms with Gasteiger partial charge < -0.3 is 10.4 Å². The molecule has 0 atom stereocenters. The Kier molecular flexibility index (Phi) is 5.05. The summed E-state index contributed by atoms with van der Waals surface area (Å²) in [4.78, 5) is 14.6. The number of nitrogens with zero attached hydrogens (tertiary/aromatic N) is 1. The van der Waals surface area contributed by atoms with Crippen LogP contribution in [0.5, 0.6) is 0 Å². The number of carbonyl (C=O) groups is 1. The van der Waals surface area contributed by atoms with Crippen LogP contribution in [0.4, 0.5) is 5.82 Å². The van der Waals surface area contributed by atoms with Crippen LogP contribution in [-0.4, -0.2) is 22.6 Å². The molecule has 0 fully saturated rings. The average Bonchev–Trinajstić information content (AvgIpc) is 2.29. The van der Waals surface area contributed by atoms with Gasteiger partial charge in [-0.2, -0.15) is 0 Å². The van der Waals surface area contributed by atoms with Gasteiger partial charge in [0.2, 0.25) is 0 Å². The first-order valence-electron chi connectivity index (χ1n) is 5.29. The number of rotatable bonds is 7. The van der Waals surface area contributed by atoms with E-state index in [1.165, 1.54) is 6.07 Å². The van der Waals surface area contributed by atoms with Gasteiger partial charge >= 0.3 is 5.97 Å². The normalized spacial score (nSPS) is 9.75. The van der Waals surface area contributed by atoms with Gasteiger partial charge in [-0.15, -0.1) is 6.58 Å². The molecule has 4 nitrogen and oxygen atoms in total. The predicted octanol–water partition coefficient (Wildman–Crippen LogP) is 2.55. The summed E-state index contributed by atoms with van der Waals surface area (Å²) in [6.07, 6.45) is 4.99. The lowest BCUT2D eigenvalue weighted by Gasteiger charge is -2.05. The summed E-state index contributed by atoms with van der Waals surface area (Å²) in [6.45, 7) is 4.45. The van der Waals surface area contributed by atoms with Crippen LogP contribution in [0, 0.1) is 0 Å². The molecule has 2 N–H and O–H groups in total. The standard InChI is InChI=1S/C12H16N2O2/c1-2-3-4-5-9-13-11-8-6-7-10(14-11)12(15)16/h2,6-8H,1,3-5,9H2,(H,13,14)(H,15,16). The van der Waals surface area contributed by atoms with Gasteiger partial charge in [-0.25, -0.2) is 9.78 Å². The minimum atomic E-state index is -1.00. The van der Waals surface area contributed by atoms with Gasteiger partial charge in [0.25, 0.3) is 0 Å². The van der Waals surface area contributed by atoms with Gasteiger partial charge in [-0.3, -0.25) is 0 Å². The highest BCUT2D eigenvalue weighted by molar-refractivity contribution is 5.85. The number of pyridine rings is 1. The van der Waals surface area contributed by atoms with Crippen molar-refractivity contribution in [2.45, 2.75) is 19.3 Å². The minimum absolute atomic E-state index is 0.0658. The lowest BCUT2D eigenvalue weighted by atomic mass is 10.2. The van der Waals surface area contributed by atoms with Crippen molar-refractivity contribution in [3.05, 3.63) is 36.5 Å². The summed E-state index contributed by atoms with van der Waals surface area (Å²) in [5, 5.41) is 11.8. The molecule has 0 aliphatic rings. The molecule has 1 aromatic rings. The van der Waals surface area contributed by atoms with Crippen LogP contribution in [0.2, 0.25) is 0 Å². The quantitative estimate of drug-likeness (QED) is 0.547. The Morgan fingerprint density at radius 1 is 1.50 bits per heavy atom. The summed E-state index contributed by atoms with van der Waals surface area (Å²) in [5.74, 6) is -0.395. The molecule has 0 unspecified atom stereocenters. The van der Waals surface area contributed by atoms with Crippen LogP contribution in [0.25, 0.3) is 0 Å². The van der Waals surface area contributed by atoms with Crippen LogP contribution in [-0.2, 0) is 0 Å². The summed E-state index contributed by atoms with van der Waals surface area (Å²) < 4.78 is 0. The third kappa shape index (κ3) is 4.13. The number of nitrogens with one attached hydrogen (secondary N) is 1. The number of carboxylic acid groups (broad SMARTS) is 1. The van der Waals surface area contributed by atoms with E-state index in [1.54, 1.807) is 12.1 Å². The Balaban J connectivity index is 2.39. The van der Waals surface area contributed by atoms with E-state index < -0.39 is 5.97 Å². The Morgan fingerprint density at radius 2 is 2.31 bits per heavy atom. The summed E-state index contributed by atoms with van der Waals surface area (Å²) in [6, 6.07) is 4.92. The van der Waals surface area contributed by atoms with E-state index in [0.29, 0.717) is 5.82 Å². The molecule has 0 saturated heterocycles. The fourth-order valence-corrected chi connectivity index (χ4v) is 1.28. The molecule has 1 rings (SSSR count). The largest absolute Gasteiger partial charge is 0.477 e. The molecule has 4 heteroatoms. The molecule has 0 spiro atoms. The molecule has 86 valence electrons. The highest BCUT2D eigenvalue weighted by Gasteiger charge is 2.03. The fourth-order valence-electron chi connectivity index (χ4n) is 1.28. The van der Waals surface area contributed by atoms with Crippen LogP contribution in [0.3, 0.4) is 0 Å². The van der Waals surface area contributed by atoms with Crippen molar-refractivity contribution in [2.75, 3.05) is 11.9 Å². The monoisotopic (exact) mass is 220 g/mol. The van der Waals surface area contributed by atoms with E-state index in [-0.39, 0.29) is 5.69 Å². The molecule has 1 heterocycles. The SMILES string of the molecule is C=CCCCCNc1cccc(C(=O)O)n1. The second kappa shape index (κ2) is 6.61. The molecule has 0 bridgehead atoms. The minimum Gasteiger partial charge on any atom is -0.477 e. The first-order chi connectivity index (χ1) is 7.74. The second-order valence-electron chi connectivity index (χ2n) is 3.42. The zero-order chi connectivity index (χ0) is 11.8. The number of hydrogen-bond donors (Lipinski definition) is 2. The Hall–Kier alpha value is -1.84. The van der Waals surface area contributed by atoms with Crippen molar-refractivity contribution >= 4 is 11.8 Å². The zero-order valence-corrected chi connectivity index (χ0v) is 9.15. The zero-order valence-electron chi connectivity index (χ0n) is 9.15. The van der Waals surface area contributed by atoms with Gasteiger partial charge in [0.15, 0.2) is 5.69 Å². The van der Waals surface area contributed by atoms with Crippen LogP contribution >= 0.6 is 0 Å². The summed E-state index contributed by atoms with van der Waals surface area (Å²) >= 11 is 0. The van der Waals surface area contributed by atoms with Gasteiger partial charge in [-0.05, 0) is 31.4 Å². The van der Waals surface area contributed by atoms with Crippen molar-refractivity contribution in [1.82, 2.24) is 4.98 Å². The maximum Gasteiger partial charge on any atom is 0.354 e. The van der Waals surface area contributed by atoms with E-state index in [0.717, 1.165) is 25.8 Å². The molecule has 0 radical (unpaired) electrons. The van der Waals surface area contributed by atoms with Crippen LogP contribution in [0.1, 0.15) is 29.8 Å². The predicted molar refractivity (Wildman–Crippen MR) is 63.7 cm³/mol. The number of hydrogen-bond acceptors (Lipinski definition) is 3. The molecule has 0 aromatic carbocycles. The van der Waals surface area contributed by atoms with E-state index in [4.69, 9.17) is 5.11 Å². The number of aromatic carboxylic acids is 1. The molecule has 0 aliphatic heterocycles. The number of anilines is 1. The van der Waals surface area contributed by atoms with Crippen molar-refractivity contribution in [3.8, 4) is 0 Å². The molecule has 16 heavy (non-hydrogen) atoms. The number of carboxylic acids is 1. The third-order valence-electron chi connectivity index (χ3n) is 2.11. The van der Waals surface area contributed by atoms with Crippen LogP contribution < -0.4 is 5.32 Å². The summed E-state index contributed by atoms with van der Waals surface area (Å²) in [5.41, 5.74) is 0.0658. The summed E-state index contributed by atoms with van der Waals surface area (Å²) in [7, 11) is 0. The third-order valence-corrected chi connectivity index (χ3v) is 2.11. The average molecular weight is 220 g/mol. The van der Waals surface area contributed by atoms with Crippen molar-refractivity contribution in [1.29, 1.82) is 0 Å². The van der Waals surface area contributed by atoms with E-state index in [2.05, 4.69) is 16.9 Å². The van der Waals surface area contributed by atoms with Gasteiger partial charge in [0, 0.05) is 6.54 Å². The van der Waals surface area contributed by atoms with E-state index >= 15 is 0 Å². The Labute approximate surface area is 95.0 Å². The molecule has 0 saturated carbocycles. The first-order valence-corrected chi connectivity index (χ1v) is 5.29. The van der Waals surface area contributed by atoms with E-state index in [1.807, 2.05) is 6.08 Å². The first kappa shape index (κ1) is 12.2. The Morgan fingerprint density at radius 3 is 3.00 bits per heavy atom. The molecule has 1 aromatic heterocycles. The van der Waals surface area contributed by atoms with Crippen molar-refractivity contribution < 1.29 is 9.90 Å². The van der Waals surface area contributed by atoms with Gasteiger partial charge in [-0.1, -0.05) is 12.1 Å². The highest BCUT2D eigenvalue weighted by Crippen LogP contribution is 2.05. The topological polar surface area (TPSA) is 62.2 Å². The highest BCUT2D eigenvalue weighted by atomic mass is 16.4.